The molecule has 0 aliphatic carbocycles. The molecule has 2 heterocycles. The SMILES string of the molecule is CN(C)c1nc(N2CCOCC2)ncc1NC(=O)CCl. The molecule has 0 aromatic carbocycles. The summed E-state index contributed by atoms with van der Waals surface area (Å²) in [6.45, 7) is 2.87. The van der Waals surface area contributed by atoms with Gasteiger partial charge in [-0.3, -0.25) is 4.79 Å². The van der Waals surface area contributed by atoms with E-state index in [1.54, 1.807) is 6.20 Å². The molecule has 0 radical (unpaired) electrons. The lowest BCUT2D eigenvalue weighted by Crippen LogP contribution is -2.37. The number of alkyl halides is 1. The number of anilines is 3. The van der Waals surface area contributed by atoms with Crippen molar-refractivity contribution in [1.29, 1.82) is 0 Å². The van der Waals surface area contributed by atoms with Crippen LogP contribution in [0.2, 0.25) is 0 Å². The number of carbonyl (C=O) groups is 1. The summed E-state index contributed by atoms with van der Waals surface area (Å²) in [5, 5.41) is 2.69. The van der Waals surface area contributed by atoms with Crippen molar-refractivity contribution in [2.75, 3.05) is 61.4 Å². The van der Waals surface area contributed by atoms with Crippen LogP contribution in [0.25, 0.3) is 0 Å². The Kier molecular flexibility index (Phi) is 4.97. The fourth-order valence-corrected chi connectivity index (χ4v) is 1.96. The van der Waals surface area contributed by atoms with Gasteiger partial charge in [0.15, 0.2) is 5.82 Å². The number of morpholine rings is 1. The number of carbonyl (C=O) groups excluding carboxylic acids is 1. The fraction of sp³-hybridized carbons (Fsp3) is 0.583. The smallest absolute Gasteiger partial charge is 0.239 e. The molecule has 0 unspecified atom stereocenters. The highest BCUT2D eigenvalue weighted by atomic mass is 35.5. The predicted molar refractivity (Wildman–Crippen MR) is 78.7 cm³/mol. The largest absolute Gasteiger partial charge is 0.378 e. The van der Waals surface area contributed by atoms with Crippen LogP contribution in [0, 0.1) is 0 Å². The van der Waals surface area contributed by atoms with Gasteiger partial charge in [0.1, 0.15) is 11.6 Å². The highest BCUT2D eigenvalue weighted by Gasteiger charge is 2.17. The quantitative estimate of drug-likeness (QED) is 0.819. The Hall–Kier alpha value is -1.60. The van der Waals surface area contributed by atoms with Gasteiger partial charge in [0, 0.05) is 27.2 Å². The predicted octanol–water partition coefficient (Wildman–Crippen LogP) is 0.556. The van der Waals surface area contributed by atoms with Gasteiger partial charge in [-0.1, -0.05) is 0 Å². The maximum atomic E-state index is 11.4. The van der Waals surface area contributed by atoms with Crippen molar-refractivity contribution < 1.29 is 9.53 Å². The lowest BCUT2D eigenvalue weighted by Gasteiger charge is -2.28. The van der Waals surface area contributed by atoms with Crippen LogP contribution in [0.4, 0.5) is 17.5 Å². The van der Waals surface area contributed by atoms with Crippen molar-refractivity contribution in [2.24, 2.45) is 0 Å². The van der Waals surface area contributed by atoms with E-state index in [-0.39, 0.29) is 11.8 Å². The van der Waals surface area contributed by atoms with Crippen LogP contribution in [0.15, 0.2) is 6.20 Å². The van der Waals surface area contributed by atoms with E-state index in [1.165, 1.54) is 0 Å². The number of hydrogen-bond acceptors (Lipinski definition) is 6. The summed E-state index contributed by atoms with van der Waals surface area (Å²) in [5.74, 6) is 0.913. The van der Waals surface area contributed by atoms with E-state index in [2.05, 4.69) is 20.2 Å². The van der Waals surface area contributed by atoms with Crippen molar-refractivity contribution in [3.8, 4) is 0 Å². The molecular formula is C12H18ClN5O2. The normalized spacial score (nSPS) is 15.1. The summed E-state index contributed by atoms with van der Waals surface area (Å²) in [7, 11) is 3.73. The number of hydrogen-bond donors (Lipinski definition) is 1. The van der Waals surface area contributed by atoms with E-state index in [0.29, 0.717) is 30.7 Å². The number of amides is 1. The fourth-order valence-electron chi connectivity index (χ4n) is 1.89. The van der Waals surface area contributed by atoms with Gasteiger partial charge in [-0.15, -0.1) is 11.6 Å². The molecule has 1 aliphatic heterocycles. The first-order valence-corrected chi connectivity index (χ1v) is 6.88. The monoisotopic (exact) mass is 299 g/mol. The van der Waals surface area contributed by atoms with Crippen molar-refractivity contribution in [1.82, 2.24) is 9.97 Å². The highest BCUT2D eigenvalue weighted by Crippen LogP contribution is 2.24. The van der Waals surface area contributed by atoms with Crippen molar-refractivity contribution in [3.05, 3.63) is 6.20 Å². The Bertz CT molecular complexity index is 477. The Labute approximate surface area is 122 Å². The standard InChI is InChI=1S/C12H18ClN5O2/c1-17(2)11-9(15-10(19)7-13)8-14-12(16-11)18-3-5-20-6-4-18/h8H,3-7H2,1-2H3,(H,15,19). The zero-order valence-electron chi connectivity index (χ0n) is 11.6. The molecule has 1 aromatic rings. The van der Waals surface area contributed by atoms with Gasteiger partial charge in [-0.05, 0) is 0 Å². The zero-order chi connectivity index (χ0) is 14.5. The molecule has 7 nitrogen and oxygen atoms in total. The van der Waals surface area contributed by atoms with Crippen LogP contribution in [0.1, 0.15) is 0 Å². The second-order valence-corrected chi connectivity index (χ2v) is 4.85. The lowest BCUT2D eigenvalue weighted by molar-refractivity contribution is -0.113. The Morgan fingerprint density at radius 2 is 2.20 bits per heavy atom. The van der Waals surface area contributed by atoms with Gasteiger partial charge in [0.2, 0.25) is 11.9 Å². The van der Waals surface area contributed by atoms with Crippen molar-refractivity contribution in [3.63, 3.8) is 0 Å². The molecule has 1 N–H and O–H groups in total. The van der Waals surface area contributed by atoms with Crippen LogP contribution in [-0.2, 0) is 9.53 Å². The van der Waals surface area contributed by atoms with Gasteiger partial charge < -0.3 is 19.9 Å². The van der Waals surface area contributed by atoms with Crippen LogP contribution in [0.3, 0.4) is 0 Å². The Morgan fingerprint density at radius 3 is 2.80 bits per heavy atom. The van der Waals surface area contributed by atoms with E-state index in [4.69, 9.17) is 16.3 Å². The molecule has 1 aromatic heterocycles. The summed E-state index contributed by atoms with van der Waals surface area (Å²) in [5.41, 5.74) is 0.553. The van der Waals surface area contributed by atoms with E-state index in [9.17, 15) is 4.79 Å². The van der Waals surface area contributed by atoms with Crippen LogP contribution in [0.5, 0.6) is 0 Å². The maximum absolute atomic E-state index is 11.4. The summed E-state index contributed by atoms with van der Waals surface area (Å²) >= 11 is 5.50. The average molecular weight is 300 g/mol. The molecule has 0 saturated carbocycles. The minimum atomic E-state index is -0.280. The van der Waals surface area contributed by atoms with E-state index in [1.807, 2.05) is 19.0 Å². The topological polar surface area (TPSA) is 70.6 Å². The zero-order valence-corrected chi connectivity index (χ0v) is 12.4. The van der Waals surface area contributed by atoms with E-state index >= 15 is 0 Å². The third-order valence-corrected chi connectivity index (χ3v) is 3.11. The summed E-state index contributed by atoms with van der Waals surface area (Å²) in [6.07, 6.45) is 1.61. The molecule has 1 amide bonds. The molecule has 20 heavy (non-hydrogen) atoms. The number of nitrogens with one attached hydrogen (secondary N) is 1. The summed E-state index contributed by atoms with van der Waals surface area (Å²) in [6, 6.07) is 0. The van der Waals surface area contributed by atoms with Gasteiger partial charge in [0.25, 0.3) is 0 Å². The van der Waals surface area contributed by atoms with Gasteiger partial charge in [0.05, 0.1) is 19.4 Å². The van der Waals surface area contributed by atoms with E-state index < -0.39 is 0 Å². The average Bonchev–Trinajstić information content (AvgIpc) is 2.48. The van der Waals surface area contributed by atoms with Crippen LogP contribution < -0.4 is 15.1 Å². The van der Waals surface area contributed by atoms with Crippen molar-refractivity contribution in [2.45, 2.75) is 0 Å². The number of nitrogens with zero attached hydrogens (tertiary/aromatic N) is 4. The molecule has 1 saturated heterocycles. The molecule has 0 bridgehead atoms. The first kappa shape index (κ1) is 14.8. The number of rotatable bonds is 4. The van der Waals surface area contributed by atoms with Gasteiger partial charge >= 0.3 is 0 Å². The first-order chi connectivity index (χ1) is 9.61. The lowest BCUT2D eigenvalue weighted by atomic mass is 10.4. The number of aromatic nitrogens is 2. The van der Waals surface area contributed by atoms with E-state index in [0.717, 1.165) is 13.1 Å². The van der Waals surface area contributed by atoms with Gasteiger partial charge in [-0.2, -0.15) is 4.98 Å². The Balaban J connectivity index is 2.24. The van der Waals surface area contributed by atoms with Crippen LogP contribution in [-0.4, -0.2) is 62.2 Å². The molecule has 0 spiro atoms. The molecule has 2 rings (SSSR count). The number of halogens is 1. The molecule has 1 fully saturated rings. The second kappa shape index (κ2) is 6.71. The minimum Gasteiger partial charge on any atom is -0.378 e. The third-order valence-electron chi connectivity index (χ3n) is 2.87. The third kappa shape index (κ3) is 3.49. The number of ether oxygens (including phenoxy) is 1. The second-order valence-electron chi connectivity index (χ2n) is 4.58. The molecule has 0 atom stereocenters. The summed E-state index contributed by atoms with van der Waals surface area (Å²) in [4.78, 5) is 24.1. The Morgan fingerprint density at radius 1 is 1.50 bits per heavy atom. The molecule has 1 aliphatic rings. The van der Waals surface area contributed by atoms with Crippen LogP contribution >= 0.6 is 11.6 Å². The molecule has 8 heteroatoms. The van der Waals surface area contributed by atoms with Crippen molar-refractivity contribution >= 4 is 35.0 Å². The maximum Gasteiger partial charge on any atom is 0.239 e. The first-order valence-electron chi connectivity index (χ1n) is 6.34. The molecule has 110 valence electrons. The molecular weight excluding hydrogens is 282 g/mol. The van der Waals surface area contributed by atoms with Gasteiger partial charge in [-0.25, -0.2) is 4.98 Å². The minimum absolute atomic E-state index is 0.0991. The summed E-state index contributed by atoms with van der Waals surface area (Å²) < 4.78 is 5.31. The highest BCUT2D eigenvalue weighted by molar-refractivity contribution is 6.29.